The van der Waals surface area contributed by atoms with Gasteiger partial charge in [-0.1, -0.05) is 5.16 Å². The Morgan fingerprint density at radius 3 is 2.75 bits per heavy atom. The minimum Gasteiger partial charge on any atom is -0.504 e. The van der Waals surface area contributed by atoms with E-state index in [1.165, 1.54) is 12.1 Å². The van der Waals surface area contributed by atoms with E-state index in [0.717, 1.165) is 0 Å². The Bertz CT molecular complexity index is 555. The molecule has 2 rings (SSSR count). The summed E-state index contributed by atoms with van der Waals surface area (Å²) < 4.78 is 15.3. The van der Waals surface area contributed by atoms with Gasteiger partial charge in [0.05, 0.1) is 19.8 Å². The highest BCUT2D eigenvalue weighted by molar-refractivity contribution is 5.58. The Morgan fingerprint density at radius 2 is 2.00 bits per heavy atom. The van der Waals surface area contributed by atoms with Crippen LogP contribution in [0, 0.1) is 0 Å². The quantitative estimate of drug-likeness (QED) is 0.583. The number of hydrogen-bond donors (Lipinski definition) is 2. The Labute approximate surface area is 115 Å². The molecule has 2 aromatic rings. The normalized spacial score (nSPS) is 10.8. The zero-order valence-electron chi connectivity index (χ0n) is 11.1. The van der Waals surface area contributed by atoms with E-state index in [4.69, 9.17) is 14.0 Å². The highest BCUT2D eigenvalue weighted by Crippen LogP contribution is 2.29. The van der Waals surface area contributed by atoms with Crippen LogP contribution in [0.1, 0.15) is 5.82 Å². The van der Waals surface area contributed by atoms with E-state index in [1.807, 2.05) is 0 Å². The van der Waals surface area contributed by atoms with Gasteiger partial charge in [-0.15, -0.1) is 0 Å². The van der Waals surface area contributed by atoms with E-state index in [1.54, 1.807) is 13.2 Å². The van der Waals surface area contributed by atoms with Gasteiger partial charge in [0.15, 0.2) is 17.3 Å². The summed E-state index contributed by atoms with van der Waals surface area (Å²) in [5.74, 6) is 0.377. The van der Waals surface area contributed by atoms with Crippen LogP contribution >= 0.6 is 0 Å². The third kappa shape index (κ3) is 3.69. The maximum Gasteiger partial charge on any atom is 0.258 e. The summed E-state index contributed by atoms with van der Waals surface area (Å²) in [5.41, 5.74) is 0.541. The molecule has 0 spiro atoms. The summed E-state index contributed by atoms with van der Waals surface area (Å²) >= 11 is 0. The summed E-state index contributed by atoms with van der Waals surface area (Å²) in [6, 6.07) is 4.31. The van der Waals surface area contributed by atoms with Crippen molar-refractivity contribution in [2.24, 2.45) is 0 Å². The number of aromatic nitrogens is 2. The van der Waals surface area contributed by atoms with Gasteiger partial charge in [-0.2, -0.15) is 4.98 Å². The van der Waals surface area contributed by atoms with Crippen molar-refractivity contribution in [3.8, 4) is 23.0 Å². The molecule has 2 N–H and O–H groups in total. The molecule has 0 aliphatic carbocycles. The molecule has 0 bridgehead atoms. The Balaban J connectivity index is 1.93. The molecular formula is C13H16N2O5. The maximum absolute atomic E-state index is 9.42. The molecule has 0 atom stereocenters. The molecule has 20 heavy (non-hydrogen) atoms. The Kier molecular flexibility index (Phi) is 4.91. The second-order valence-electron chi connectivity index (χ2n) is 4.07. The van der Waals surface area contributed by atoms with Crippen molar-refractivity contribution in [1.29, 1.82) is 0 Å². The third-order valence-electron chi connectivity index (χ3n) is 2.59. The minimum absolute atomic E-state index is 0.194. The molecule has 0 unspecified atom stereocenters. The summed E-state index contributed by atoms with van der Waals surface area (Å²) in [4.78, 5) is 4.19. The highest BCUT2D eigenvalue weighted by Gasteiger charge is 2.10. The Morgan fingerprint density at radius 1 is 1.15 bits per heavy atom. The average molecular weight is 280 g/mol. The molecule has 0 saturated heterocycles. The lowest BCUT2D eigenvalue weighted by atomic mass is 10.2. The van der Waals surface area contributed by atoms with E-state index in [-0.39, 0.29) is 17.4 Å². The van der Waals surface area contributed by atoms with E-state index in [2.05, 4.69) is 10.1 Å². The van der Waals surface area contributed by atoms with Gasteiger partial charge < -0.3 is 24.2 Å². The summed E-state index contributed by atoms with van der Waals surface area (Å²) in [5, 5.41) is 22.5. The fourth-order valence-electron chi connectivity index (χ4n) is 1.54. The van der Waals surface area contributed by atoms with E-state index >= 15 is 0 Å². The number of phenolic OH excluding ortho intramolecular Hbond substituents is 2. The van der Waals surface area contributed by atoms with Gasteiger partial charge in [0.2, 0.25) is 0 Å². The molecule has 0 aliphatic heterocycles. The van der Waals surface area contributed by atoms with Gasteiger partial charge in [-0.25, -0.2) is 0 Å². The number of nitrogens with zero attached hydrogens (tertiary/aromatic N) is 2. The van der Waals surface area contributed by atoms with E-state index in [0.29, 0.717) is 37.6 Å². The molecule has 1 aromatic carbocycles. The van der Waals surface area contributed by atoms with Crippen LogP contribution in [-0.4, -0.2) is 47.3 Å². The lowest BCUT2D eigenvalue weighted by molar-refractivity contribution is 0.0714. The fourth-order valence-corrected chi connectivity index (χ4v) is 1.54. The number of aromatic hydroxyl groups is 2. The van der Waals surface area contributed by atoms with Crippen molar-refractivity contribution in [3.63, 3.8) is 0 Å². The topological polar surface area (TPSA) is 97.8 Å². The Hall–Kier alpha value is -2.12. The van der Waals surface area contributed by atoms with Gasteiger partial charge in [0, 0.05) is 19.1 Å². The predicted molar refractivity (Wildman–Crippen MR) is 69.5 cm³/mol. The zero-order valence-corrected chi connectivity index (χ0v) is 11.1. The number of hydrogen-bond acceptors (Lipinski definition) is 7. The molecule has 1 aromatic heterocycles. The zero-order chi connectivity index (χ0) is 14.4. The fraction of sp³-hybridized carbons (Fsp3) is 0.385. The number of rotatable bonds is 7. The number of methoxy groups -OCH3 is 1. The van der Waals surface area contributed by atoms with Gasteiger partial charge in [-0.05, 0) is 18.2 Å². The maximum atomic E-state index is 9.42. The third-order valence-corrected chi connectivity index (χ3v) is 2.59. The molecule has 7 nitrogen and oxygen atoms in total. The van der Waals surface area contributed by atoms with Crippen LogP contribution in [0.15, 0.2) is 22.7 Å². The first-order valence-electron chi connectivity index (χ1n) is 6.12. The lowest BCUT2D eigenvalue weighted by Gasteiger charge is -2.00. The van der Waals surface area contributed by atoms with Crippen LogP contribution in [0.3, 0.4) is 0 Å². The molecule has 0 saturated carbocycles. The van der Waals surface area contributed by atoms with Crippen molar-refractivity contribution < 1.29 is 24.2 Å². The summed E-state index contributed by atoms with van der Waals surface area (Å²) in [6.45, 7) is 1.54. The van der Waals surface area contributed by atoms with Crippen LogP contribution in [0.4, 0.5) is 0 Å². The van der Waals surface area contributed by atoms with Gasteiger partial charge >= 0.3 is 0 Å². The highest BCUT2D eigenvalue weighted by atomic mass is 16.5. The largest absolute Gasteiger partial charge is 0.504 e. The molecule has 0 amide bonds. The van der Waals surface area contributed by atoms with Crippen molar-refractivity contribution in [3.05, 3.63) is 24.0 Å². The van der Waals surface area contributed by atoms with Gasteiger partial charge in [0.25, 0.3) is 5.89 Å². The number of benzene rings is 1. The molecule has 7 heteroatoms. The molecule has 0 aliphatic rings. The SMILES string of the molecule is COCCOCCc1noc(-c2ccc(O)c(O)c2)n1. The van der Waals surface area contributed by atoms with Gasteiger partial charge in [-0.3, -0.25) is 0 Å². The first kappa shape index (κ1) is 14.3. The molecule has 0 radical (unpaired) electrons. The van der Waals surface area contributed by atoms with E-state index in [9.17, 15) is 10.2 Å². The van der Waals surface area contributed by atoms with Crippen LogP contribution < -0.4 is 0 Å². The molecule has 1 heterocycles. The number of phenols is 2. The first-order chi connectivity index (χ1) is 9.70. The molecule has 0 fully saturated rings. The van der Waals surface area contributed by atoms with Crippen molar-refractivity contribution in [2.45, 2.75) is 6.42 Å². The first-order valence-corrected chi connectivity index (χ1v) is 6.12. The molecular weight excluding hydrogens is 264 g/mol. The van der Waals surface area contributed by atoms with Crippen molar-refractivity contribution >= 4 is 0 Å². The molecule has 108 valence electrons. The van der Waals surface area contributed by atoms with Crippen LogP contribution in [-0.2, 0) is 15.9 Å². The monoisotopic (exact) mass is 280 g/mol. The van der Waals surface area contributed by atoms with Gasteiger partial charge in [0.1, 0.15) is 0 Å². The van der Waals surface area contributed by atoms with E-state index < -0.39 is 0 Å². The summed E-state index contributed by atoms with van der Waals surface area (Å²) in [7, 11) is 1.61. The number of ether oxygens (including phenoxy) is 2. The summed E-state index contributed by atoms with van der Waals surface area (Å²) in [6.07, 6.45) is 0.525. The van der Waals surface area contributed by atoms with Crippen molar-refractivity contribution in [2.75, 3.05) is 26.9 Å². The standard InChI is InChI=1S/C13H16N2O5/c1-18-6-7-19-5-4-12-14-13(20-15-12)9-2-3-10(16)11(17)8-9/h2-3,8,16-17H,4-7H2,1H3. The second-order valence-corrected chi connectivity index (χ2v) is 4.07. The van der Waals surface area contributed by atoms with Crippen LogP contribution in [0.5, 0.6) is 11.5 Å². The average Bonchev–Trinajstić information content (AvgIpc) is 2.90. The second kappa shape index (κ2) is 6.88. The predicted octanol–water partition coefficient (Wildman–Crippen LogP) is 1.35. The minimum atomic E-state index is -0.231. The lowest BCUT2D eigenvalue weighted by Crippen LogP contribution is -2.05. The smallest absolute Gasteiger partial charge is 0.258 e. The van der Waals surface area contributed by atoms with Crippen LogP contribution in [0.2, 0.25) is 0 Å². The van der Waals surface area contributed by atoms with Crippen molar-refractivity contribution in [1.82, 2.24) is 10.1 Å². The van der Waals surface area contributed by atoms with Crippen LogP contribution in [0.25, 0.3) is 11.5 Å².